The van der Waals surface area contributed by atoms with Gasteiger partial charge in [0.25, 0.3) is 0 Å². The molecule has 2 heterocycles. The first-order chi connectivity index (χ1) is 11.7. The minimum absolute atomic E-state index is 0.148. The fourth-order valence-electron chi connectivity index (χ4n) is 3.01. The molecule has 0 spiro atoms. The molecular weight excluding hydrogens is 328 g/mol. The number of aromatic nitrogens is 2. The van der Waals surface area contributed by atoms with Crippen molar-refractivity contribution in [2.45, 2.75) is 31.7 Å². The third kappa shape index (κ3) is 3.88. The summed E-state index contributed by atoms with van der Waals surface area (Å²) < 4.78 is 5.96. The molecule has 1 unspecified atom stereocenters. The van der Waals surface area contributed by atoms with E-state index in [-0.39, 0.29) is 18.6 Å². The zero-order chi connectivity index (χ0) is 16.9. The molecule has 1 aliphatic rings. The first-order valence-corrected chi connectivity index (χ1v) is 8.48. The molecule has 1 aliphatic heterocycles. The van der Waals surface area contributed by atoms with Crippen LogP contribution in [-0.2, 0) is 0 Å². The number of nitrogens with zero attached hydrogens (tertiary/aromatic N) is 3. The number of aliphatic hydroxyl groups is 1. The maximum absolute atomic E-state index is 9.34. The molecule has 0 radical (unpaired) electrons. The topological polar surface area (TPSA) is 84.5 Å². The van der Waals surface area contributed by atoms with E-state index in [0.717, 1.165) is 25.8 Å². The molecule has 1 aromatic carbocycles. The summed E-state index contributed by atoms with van der Waals surface area (Å²) in [5, 5.41) is 9.99. The van der Waals surface area contributed by atoms with Gasteiger partial charge in [0.2, 0.25) is 5.95 Å². The van der Waals surface area contributed by atoms with Gasteiger partial charge >= 0.3 is 0 Å². The van der Waals surface area contributed by atoms with Crippen LogP contribution in [0.3, 0.4) is 0 Å². The fourth-order valence-corrected chi connectivity index (χ4v) is 3.14. The molecule has 24 heavy (non-hydrogen) atoms. The van der Waals surface area contributed by atoms with Gasteiger partial charge in [0, 0.05) is 24.2 Å². The van der Waals surface area contributed by atoms with E-state index in [4.69, 9.17) is 22.1 Å². The molecule has 0 bridgehead atoms. The molecule has 6 nitrogen and oxygen atoms in total. The fraction of sp³-hybridized carbons (Fsp3) is 0.412. The van der Waals surface area contributed by atoms with Crippen molar-refractivity contribution < 1.29 is 9.84 Å². The Bertz CT molecular complexity index is 679. The summed E-state index contributed by atoms with van der Waals surface area (Å²) in [6.45, 7) is 1.01. The van der Waals surface area contributed by atoms with Crippen LogP contribution in [0.25, 0.3) is 0 Å². The third-order valence-electron chi connectivity index (χ3n) is 4.16. The van der Waals surface area contributed by atoms with Gasteiger partial charge in [-0.2, -0.15) is 4.98 Å². The Balaban J connectivity index is 1.91. The van der Waals surface area contributed by atoms with Crippen molar-refractivity contribution in [2.24, 2.45) is 0 Å². The van der Waals surface area contributed by atoms with Crippen LogP contribution in [0.4, 0.5) is 11.8 Å². The van der Waals surface area contributed by atoms with Crippen molar-refractivity contribution >= 4 is 23.4 Å². The zero-order valence-corrected chi connectivity index (χ0v) is 14.1. The molecule has 1 saturated heterocycles. The summed E-state index contributed by atoms with van der Waals surface area (Å²) in [5.74, 6) is 2.10. The minimum atomic E-state index is 0.148. The lowest BCUT2D eigenvalue weighted by molar-refractivity contribution is 0.261. The molecule has 1 aromatic heterocycles. The van der Waals surface area contributed by atoms with E-state index in [1.54, 1.807) is 30.5 Å². The van der Waals surface area contributed by atoms with E-state index in [2.05, 4.69) is 14.9 Å². The Morgan fingerprint density at radius 2 is 2.08 bits per heavy atom. The number of benzene rings is 1. The summed E-state index contributed by atoms with van der Waals surface area (Å²) in [5.41, 5.74) is 5.80. The normalized spacial score (nSPS) is 17.8. The molecule has 0 amide bonds. The number of nitrogen functional groups attached to an aromatic ring is 1. The van der Waals surface area contributed by atoms with E-state index in [9.17, 15) is 5.11 Å². The predicted octanol–water partition coefficient (Wildman–Crippen LogP) is 3.25. The van der Waals surface area contributed by atoms with E-state index in [0.29, 0.717) is 28.8 Å². The van der Waals surface area contributed by atoms with Crippen molar-refractivity contribution in [3.8, 4) is 11.5 Å². The standard InChI is InChI=1S/C17H21ClN4O2/c18-12-4-6-14(7-5-12)24-15-11-20-17(19)21-16(15)22-9-2-1-3-13(22)8-10-23/h4-7,11,13,23H,1-3,8-10H2,(H2,19,20,21). The first-order valence-electron chi connectivity index (χ1n) is 8.11. The van der Waals surface area contributed by atoms with Crippen LogP contribution >= 0.6 is 11.6 Å². The van der Waals surface area contributed by atoms with Gasteiger partial charge in [-0.1, -0.05) is 11.6 Å². The van der Waals surface area contributed by atoms with E-state index in [1.807, 2.05) is 0 Å². The van der Waals surface area contributed by atoms with Crippen LogP contribution in [0.15, 0.2) is 30.5 Å². The minimum Gasteiger partial charge on any atom is -0.452 e. The lowest BCUT2D eigenvalue weighted by Crippen LogP contribution is -2.41. The van der Waals surface area contributed by atoms with Gasteiger partial charge in [0.1, 0.15) is 5.75 Å². The van der Waals surface area contributed by atoms with Gasteiger partial charge in [0.15, 0.2) is 11.6 Å². The maximum atomic E-state index is 9.34. The number of halogens is 1. The average Bonchev–Trinajstić information content (AvgIpc) is 2.59. The van der Waals surface area contributed by atoms with Crippen molar-refractivity contribution in [3.05, 3.63) is 35.5 Å². The molecule has 2 aromatic rings. The maximum Gasteiger partial charge on any atom is 0.222 e. The Kier molecular flexibility index (Phi) is 5.37. The second-order valence-corrected chi connectivity index (χ2v) is 6.26. The first kappa shape index (κ1) is 16.8. The Hall–Kier alpha value is -2.05. The number of hydrogen-bond acceptors (Lipinski definition) is 6. The second kappa shape index (κ2) is 7.68. The number of piperidine rings is 1. The van der Waals surface area contributed by atoms with Crippen LogP contribution in [0.1, 0.15) is 25.7 Å². The lowest BCUT2D eigenvalue weighted by atomic mass is 9.99. The van der Waals surface area contributed by atoms with Gasteiger partial charge in [-0.3, -0.25) is 0 Å². The summed E-state index contributed by atoms with van der Waals surface area (Å²) in [6, 6.07) is 7.35. The quantitative estimate of drug-likeness (QED) is 0.862. The van der Waals surface area contributed by atoms with Crippen LogP contribution in [0.5, 0.6) is 11.5 Å². The predicted molar refractivity (Wildman–Crippen MR) is 94.7 cm³/mol. The van der Waals surface area contributed by atoms with Gasteiger partial charge in [-0.05, 0) is 49.9 Å². The van der Waals surface area contributed by atoms with Crippen molar-refractivity contribution in [3.63, 3.8) is 0 Å². The molecular formula is C17H21ClN4O2. The van der Waals surface area contributed by atoms with E-state index < -0.39 is 0 Å². The number of rotatable bonds is 5. The molecule has 1 fully saturated rings. The number of ether oxygens (including phenoxy) is 1. The Labute approximate surface area is 146 Å². The highest BCUT2D eigenvalue weighted by Crippen LogP contribution is 2.35. The summed E-state index contributed by atoms with van der Waals surface area (Å²) in [6.07, 6.45) is 5.54. The average molecular weight is 349 g/mol. The highest BCUT2D eigenvalue weighted by Gasteiger charge is 2.26. The van der Waals surface area contributed by atoms with Crippen molar-refractivity contribution in [2.75, 3.05) is 23.8 Å². The Morgan fingerprint density at radius 3 is 2.83 bits per heavy atom. The SMILES string of the molecule is Nc1ncc(Oc2ccc(Cl)cc2)c(N2CCCCC2CCO)n1. The Morgan fingerprint density at radius 1 is 1.29 bits per heavy atom. The van der Waals surface area contributed by atoms with Gasteiger partial charge in [-0.15, -0.1) is 0 Å². The molecule has 0 saturated carbocycles. The zero-order valence-electron chi connectivity index (χ0n) is 13.4. The summed E-state index contributed by atoms with van der Waals surface area (Å²) in [4.78, 5) is 10.6. The van der Waals surface area contributed by atoms with Crippen LogP contribution < -0.4 is 15.4 Å². The lowest BCUT2D eigenvalue weighted by Gasteiger charge is -2.37. The van der Waals surface area contributed by atoms with Crippen molar-refractivity contribution in [1.29, 1.82) is 0 Å². The number of hydrogen-bond donors (Lipinski definition) is 2. The summed E-state index contributed by atoms with van der Waals surface area (Å²) in [7, 11) is 0. The number of aliphatic hydroxyl groups excluding tert-OH is 1. The van der Waals surface area contributed by atoms with Gasteiger partial charge in [-0.25, -0.2) is 4.98 Å². The number of nitrogens with two attached hydrogens (primary N) is 1. The summed E-state index contributed by atoms with van der Waals surface area (Å²) >= 11 is 5.91. The van der Waals surface area contributed by atoms with Crippen LogP contribution in [-0.4, -0.2) is 34.3 Å². The van der Waals surface area contributed by atoms with Gasteiger partial charge < -0.3 is 20.5 Å². The van der Waals surface area contributed by atoms with Crippen molar-refractivity contribution in [1.82, 2.24) is 9.97 Å². The third-order valence-corrected chi connectivity index (χ3v) is 4.41. The highest BCUT2D eigenvalue weighted by atomic mass is 35.5. The largest absolute Gasteiger partial charge is 0.452 e. The highest BCUT2D eigenvalue weighted by molar-refractivity contribution is 6.30. The van der Waals surface area contributed by atoms with E-state index >= 15 is 0 Å². The van der Waals surface area contributed by atoms with E-state index in [1.165, 1.54) is 0 Å². The number of anilines is 2. The molecule has 3 rings (SSSR count). The second-order valence-electron chi connectivity index (χ2n) is 5.83. The molecule has 1 atom stereocenters. The van der Waals surface area contributed by atoms with Crippen LogP contribution in [0, 0.1) is 0 Å². The molecule has 0 aliphatic carbocycles. The van der Waals surface area contributed by atoms with Crippen LogP contribution in [0.2, 0.25) is 5.02 Å². The smallest absolute Gasteiger partial charge is 0.222 e. The molecule has 128 valence electrons. The molecule has 3 N–H and O–H groups in total. The van der Waals surface area contributed by atoms with Gasteiger partial charge in [0.05, 0.1) is 6.20 Å². The molecule has 7 heteroatoms. The monoisotopic (exact) mass is 348 g/mol.